The number of carbonyl (C=O) groups excluding carboxylic acids is 1. The first-order valence-corrected chi connectivity index (χ1v) is 10.0. The number of amides is 1. The minimum Gasteiger partial charge on any atom is -0.493 e. The fourth-order valence-corrected chi connectivity index (χ4v) is 3.30. The van der Waals surface area contributed by atoms with Crippen LogP contribution in [-0.2, 0) is 4.79 Å². The van der Waals surface area contributed by atoms with Gasteiger partial charge >= 0.3 is 0 Å². The Bertz CT molecular complexity index is 992. The van der Waals surface area contributed by atoms with E-state index in [9.17, 15) is 4.79 Å². The highest BCUT2D eigenvalue weighted by atomic mass is 16.5. The molecule has 1 fully saturated rings. The van der Waals surface area contributed by atoms with Crippen molar-refractivity contribution in [1.82, 2.24) is 20.1 Å². The van der Waals surface area contributed by atoms with Crippen LogP contribution in [0.5, 0.6) is 11.5 Å². The molecule has 1 saturated heterocycles. The fraction of sp³-hybridized carbons (Fsp3) is 0.273. The highest BCUT2D eigenvalue weighted by molar-refractivity contribution is 5.78. The number of nitrogens with zero attached hydrogens (tertiary/aromatic N) is 5. The molecule has 3 aromatic rings. The van der Waals surface area contributed by atoms with E-state index >= 15 is 0 Å². The molecule has 1 amide bonds. The average Bonchev–Trinajstić information content (AvgIpc) is 2.84. The van der Waals surface area contributed by atoms with Gasteiger partial charge in [0.25, 0.3) is 5.91 Å². The average molecular weight is 420 g/mol. The fourth-order valence-electron chi connectivity index (χ4n) is 3.30. The van der Waals surface area contributed by atoms with E-state index in [1.54, 1.807) is 36.5 Å². The van der Waals surface area contributed by atoms with Crippen molar-refractivity contribution < 1.29 is 14.3 Å². The second-order valence-electron chi connectivity index (χ2n) is 6.95. The lowest BCUT2D eigenvalue weighted by molar-refractivity contribution is -0.133. The number of para-hydroxylation sites is 2. The minimum atomic E-state index is -0.0485. The Morgan fingerprint density at radius 1 is 1.00 bits per heavy atom. The molecule has 0 bridgehead atoms. The Balaban J connectivity index is 1.26. The standard InChI is InChI=1S/C22H24N6O3/c1-30-18-6-2-3-7-19(18)31-16-22(29)28-13-11-27(12-14-28)21-9-8-20(25-26-21)24-17-5-4-10-23-15-17/h2-10,15H,11-14,16H2,1H3,(H,24,25). The third-order valence-electron chi connectivity index (χ3n) is 4.96. The summed E-state index contributed by atoms with van der Waals surface area (Å²) < 4.78 is 10.9. The van der Waals surface area contributed by atoms with Gasteiger partial charge in [-0.05, 0) is 36.4 Å². The summed E-state index contributed by atoms with van der Waals surface area (Å²) in [7, 11) is 1.58. The molecular formula is C22H24N6O3. The Morgan fingerprint density at radius 3 is 2.48 bits per heavy atom. The molecule has 0 aliphatic carbocycles. The zero-order valence-corrected chi connectivity index (χ0v) is 17.3. The van der Waals surface area contributed by atoms with Crippen LogP contribution in [0.15, 0.2) is 60.9 Å². The summed E-state index contributed by atoms with van der Waals surface area (Å²) in [6.07, 6.45) is 3.44. The largest absolute Gasteiger partial charge is 0.493 e. The van der Waals surface area contributed by atoms with E-state index in [4.69, 9.17) is 9.47 Å². The molecule has 1 aromatic carbocycles. The zero-order chi connectivity index (χ0) is 21.5. The van der Waals surface area contributed by atoms with Gasteiger partial charge in [-0.3, -0.25) is 9.78 Å². The monoisotopic (exact) mass is 420 g/mol. The topological polar surface area (TPSA) is 92.7 Å². The molecular weight excluding hydrogens is 396 g/mol. The van der Waals surface area contributed by atoms with Crippen LogP contribution in [0.25, 0.3) is 0 Å². The molecule has 0 unspecified atom stereocenters. The van der Waals surface area contributed by atoms with Gasteiger partial charge in [0.2, 0.25) is 0 Å². The second kappa shape index (κ2) is 9.75. The predicted octanol–water partition coefficient (Wildman–Crippen LogP) is 2.35. The number of aromatic nitrogens is 3. The molecule has 31 heavy (non-hydrogen) atoms. The lowest BCUT2D eigenvalue weighted by atomic mass is 10.3. The van der Waals surface area contributed by atoms with E-state index < -0.39 is 0 Å². The Hall–Kier alpha value is -3.88. The molecule has 1 N–H and O–H groups in total. The molecule has 160 valence electrons. The van der Waals surface area contributed by atoms with Crippen molar-refractivity contribution in [1.29, 1.82) is 0 Å². The molecule has 1 aliphatic heterocycles. The van der Waals surface area contributed by atoms with Gasteiger partial charge in [-0.1, -0.05) is 12.1 Å². The van der Waals surface area contributed by atoms with E-state index in [2.05, 4.69) is 25.4 Å². The molecule has 3 heterocycles. The Kier molecular flexibility index (Phi) is 6.41. The van der Waals surface area contributed by atoms with E-state index in [-0.39, 0.29) is 12.5 Å². The summed E-state index contributed by atoms with van der Waals surface area (Å²) in [5.41, 5.74) is 0.854. The van der Waals surface area contributed by atoms with Gasteiger partial charge in [0.15, 0.2) is 29.7 Å². The summed E-state index contributed by atoms with van der Waals surface area (Å²) in [6, 6.07) is 14.9. The van der Waals surface area contributed by atoms with Crippen LogP contribution < -0.4 is 19.7 Å². The number of benzene rings is 1. The van der Waals surface area contributed by atoms with Crippen molar-refractivity contribution in [2.24, 2.45) is 0 Å². The van der Waals surface area contributed by atoms with Crippen molar-refractivity contribution in [3.05, 3.63) is 60.9 Å². The number of anilines is 3. The lowest BCUT2D eigenvalue weighted by Gasteiger charge is -2.35. The summed E-state index contributed by atoms with van der Waals surface area (Å²) in [4.78, 5) is 20.5. The molecule has 1 aliphatic rings. The summed E-state index contributed by atoms with van der Waals surface area (Å²) in [6.45, 7) is 2.56. The molecule has 4 rings (SSSR count). The molecule has 9 nitrogen and oxygen atoms in total. The van der Waals surface area contributed by atoms with Crippen molar-refractivity contribution in [2.45, 2.75) is 0 Å². The molecule has 0 atom stereocenters. The number of ether oxygens (including phenoxy) is 2. The van der Waals surface area contributed by atoms with Crippen molar-refractivity contribution in [3.63, 3.8) is 0 Å². The van der Waals surface area contributed by atoms with Crippen LogP contribution in [0.2, 0.25) is 0 Å². The van der Waals surface area contributed by atoms with Gasteiger partial charge in [0, 0.05) is 32.4 Å². The van der Waals surface area contributed by atoms with Crippen LogP contribution >= 0.6 is 0 Å². The number of nitrogens with one attached hydrogen (secondary N) is 1. The van der Waals surface area contributed by atoms with Gasteiger partial charge in [-0.2, -0.15) is 0 Å². The van der Waals surface area contributed by atoms with Crippen LogP contribution in [-0.4, -0.2) is 65.9 Å². The highest BCUT2D eigenvalue weighted by Crippen LogP contribution is 2.25. The van der Waals surface area contributed by atoms with Crippen LogP contribution in [0, 0.1) is 0 Å². The van der Waals surface area contributed by atoms with Gasteiger partial charge in [-0.15, -0.1) is 10.2 Å². The van der Waals surface area contributed by atoms with Crippen molar-refractivity contribution in [2.75, 3.05) is 50.1 Å². The maximum absolute atomic E-state index is 12.5. The number of pyridine rings is 1. The Labute approximate surface area is 180 Å². The van der Waals surface area contributed by atoms with Crippen LogP contribution in [0.4, 0.5) is 17.3 Å². The summed E-state index contributed by atoms with van der Waals surface area (Å²) >= 11 is 0. The van der Waals surface area contributed by atoms with Crippen LogP contribution in [0.3, 0.4) is 0 Å². The number of carbonyl (C=O) groups is 1. The molecule has 0 saturated carbocycles. The van der Waals surface area contributed by atoms with Crippen molar-refractivity contribution >= 4 is 23.2 Å². The zero-order valence-electron chi connectivity index (χ0n) is 17.3. The third kappa shape index (κ3) is 5.19. The number of methoxy groups -OCH3 is 1. The lowest BCUT2D eigenvalue weighted by Crippen LogP contribution is -2.50. The van der Waals surface area contributed by atoms with Crippen molar-refractivity contribution in [3.8, 4) is 11.5 Å². The van der Waals surface area contributed by atoms with E-state index in [1.807, 2.05) is 36.4 Å². The SMILES string of the molecule is COc1ccccc1OCC(=O)N1CCN(c2ccc(Nc3cccnc3)nn2)CC1. The van der Waals surface area contributed by atoms with Crippen LogP contribution in [0.1, 0.15) is 0 Å². The maximum atomic E-state index is 12.5. The first-order valence-electron chi connectivity index (χ1n) is 10.0. The molecule has 9 heteroatoms. The van der Waals surface area contributed by atoms with E-state index in [1.165, 1.54) is 0 Å². The quantitative estimate of drug-likeness (QED) is 0.623. The Morgan fingerprint density at radius 2 is 1.81 bits per heavy atom. The summed E-state index contributed by atoms with van der Waals surface area (Å²) in [5, 5.41) is 11.7. The smallest absolute Gasteiger partial charge is 0.260 e. The first-order chi connectivity index (χ1) is 15.2. The van der Waals surface area contributed by atoms with E-state index in [0.29, 0.717) is 43.5 Å². The molecule has 2 aromatic heterocycles. The minimum absolute atomic E-state index is 0.0190. The van der Waals surface area contributed by atoms with Gasteiger partial charge in [0.1, 0.15) is 0 Å². The highest BCUT2D eigenvalue weighted by Gasteiger charge is 2.22. The number of piperazine rings is 1. The maximum Gasteiger partial charge on any atom is 0.260 e. The normalized spacial score (nSPS) is 13.6. The summed E-state index contributed by atoms with van der Waals surface area (Å²) in [5.74, 6) is 2.56. The molecule has 0 radical (unpaired) electrons. The number of hydrogen-bond donors (Lipinski definition) is 1. The molecule has 0 spiro atoms. The first kappa shape index (κ1) is 20.4. The second-order valence-corrected chi connectivity index (χ2v) is 6.95. The van der Waals surface area contributed by atoms with E-state index in [0.717, 1.165) is 11.5 Å². The predicted molar refractivity (Wildman–Crippen MR) is 117 cm³/mol. The number of hydrogen-bond acceptors (Lipinski definition) is 8. The van der Waals surface area contributed by atoms with Gasteiger partial charge in [-0.25, -0.2) is 0 Å². The number of rotatable bonds is 7. The van der Waals surface area contributed by atoms with Gasteiger partial charge in [0.05, 0.1) is 19.0 Å². The third-order valence-corrected chi connectivity index (χ3v) is 4.96. The van der Waals surface area contributed by atoms with Gasteiger partial charge < -0.3 is 24.6 Å².